The summed E-state index contributed by atoms with van der Waals surface area (Å²) in [6, 6.07) is 0. The van der Waals surface area contributed by atoms with Gasteiger partial charge in [0, 0.05) is 19.4 Å². The predicted octanol–water partition coefficient (Wildman–Crippen LogP) is 4.98. The molecule has 5 aliphatic rings. The average molecular weight is 361 g/mol. The number of carbonyl (C=O) groups is 1. The van der Waals surface area contributed by atoms with Crippen molar-refractivity contribution in [3.05, 3.63) is 0 Å². The fraction of sp³-hybridized carbons (Fsp3) is 0.957. The molecule has 5 fully saturated rings. The Labute approximate surface area is 158 Å². The van der Waals surface area contributed by atoms with E-state index in [1.165, 1.54) is 51.4 Å². The molecule has 0 saturated heterocycles. The first-order chi connectivity index (χ1) is 12.3. The highest BCUT2D eigenvalue weighted by Gasteiger charge is 2.68. The van der Waals surface area contributed by atoms with Gasteiger partial charge < -0.3 is 9.47 Å². The summed E-state index contributed by atoms with van der Waals surface area (Å²) in [6.45, 7) is 6.64. The van der Waals surface area contributed by atoms with Gasteiger partial charge in [0.15, 0.2) is 0 Å². The molecule has 9 atom stereocenters. The van der Waals surface area contributed by atoms with Crippen LogP contribution in [0.4, 0.5) is 0 Å². The van der Waals surface area contributed by atoms with Crippen molar-refractivity contribution < 1.29 is 14.3 Å². The molecule has 3 heteroatoms. The minimum absolute atomic E-state index is 0.0911. The Kier molecular flexibility index (Phi) is 3.70. The summed E-state index contributed by atoms with van der Waals surface area (Å²) >= 11 is 0. The van der Waals surface area contributed by atoms with Crippen LogP contribution in [-0.2, 0) is 14.3 Å². The van der Waals surface area contributed by atoms with Crippen LogP contribution in [0.1, 0.15) is 78.6 Å². The summed E-state index contributed by atoms with van der Waals surface area (Å²) in [7, 11) is 1.94. The molecule has 3 nitrogen and oxygen atoms in total. The second-order valence-electron chi connectivity index (χ2n) is 11.0. The lowest BCUT2D eigenvalue weighted by Crippen LogP contribution is -2.55. The van der Waals surface area contributed by atoms with Gasteiger partial charge in [-0.15, -0.1) is 0 Å². The molecule has 146 valence electrons. The number of ether oxygens (including phenoxy) is 2. The van der Waals surface area contributed by atoms with Crippen LogP contribution in [0.25, 0.3) is 0 Å². The van der Waals surface area contributed by atoms with Gasteiger partial charge in [-0.25, -0.2) is 0 Å². The largest absolute Gasteiger partial charge is 0.462 e. The molecule has 0 heterocycles. The number of hydrogen-bond donors (Lipinski definition) is 0. The number of hydrogen-bond acceptors (Lipinski definition) is 3. The van der Waals surface area contributed by atoms with Gasteiger partial charge in [0.1, 0.15) is 6.10 Å². The van der Waals surface area contributed by atoms with Crippen LogP contribution in [0, 0.1) is 40.4 Å². The molecule has 0 aromatic rings. The monoisotopic (exact) mass is 360 g/mol. The van der Waals surface area contributed by atoms with Crippen LogP contribution in [0.15, 0.2) is 0 Å². The Morgan fingerprint density at radius 3 is 2.35 bits per heavy atom. The summed E-state index contributed by atoms with van der Waals surface area (Å²) < 4.78 is 11.8. The predicted molar refractivity (Wildman–Crippen MR) is 101 cm³/mol. The molecule has 5 rings (SSSR count). The number of methoxy groups -OCH3 is 1. The molecule has 0 aromatic carbocycles. The van der Waals surface area contributed by atoms with E-state index in [0.29, 0.717) is 5.41 Å². The molecular formula is C23H36O3. The average Bonchev–Trinajstić information content (AvgIpc) is 3.19. The van der Waals surface area contributed by atoms with Gasteiger partial charge in [0.05, 0.1) is 5.60 Å². The lowest BCUT2D eigenvalue weighted by molar-refractivity contribution is -0.164. The highest BCUT2D eigenvalue weighted by molar-refractivity contribution is 5.66. The molecule has 0 radical (unpaired) electrons. The minimum atomic E-state index is -0.0911. The van der Waals surface area contributed by atoms with Gasteiger partial charge in [-0.1, -0.05) is 13.8 Å². The van der Waals surface area contributed by atoms with E-state index in [0.717, 1.165) is 36.0 Å². The van der Waals surface area contributed by atoms with Crippen LogP contribution in [0.3, 0.4) is 0 Å². The second kappa shape index (κ2) is 5.49. The van der Waals surface area contributed by atoms with Gasteiger partial charge >= 0.3 is 5.97 Å². The molecule has 0 bridgehead atoms. The summed E-state index contributed by atoms with van der Waals surface area (Å²) in [5, 5.41) is 0. The van der Waals surface area contributed by atoms with E-state index >= 15 is 0 Å². The third-order valence-corrected chi connectivity index (χ3v) is 10.1. The van der Waals surface area contributed by atoms with Crippen molar-refractivity contribution in [2.24, 2.45) is 40.4 Å². The molecule has 0 unspecified atom stereocenters. The van der Waals surface area contributed by atoms with Crippen LogP contribution in [-0.4, -0.2) is 24.8 Å². The summed E-state index contributed by atoms with van der Waals surface area (Å²) in [5.41, 5.74) is 1.00. The molecule has 5 saturated carbocycles. The van der Waals surface area contributed by atoms with Crippen molar-refractivity contribution in [2.45, 2.75) is 90.3 Å². The summed E-state index contributed by atoms with van der Waals surface area (Å²) in [5.74, 6) is 4.08. The molecule has 0 aliphatic heterocycles. The normalized spacial score (nSPS) is 57.4. The van der Waals surface area contributed by atoms with Crippen molar-refractivity contribution in [3.8, 4) is 0 Å². The SMILES string of the molecule is CO[C@]12C[C@@H]1C[C@@]1(C)[C@@H](CC[C@@H]3[C@@H]1CC[C@]1(C)[C@@H](OC(C)=O)CC[C@@H]31)C2. The first-order valence-corrected chi connectivity index (χ1v) is 11.0. The number of fused-ring (bicyclic) bond motifs is 6. The standard InChI is InChI=1S/C23H36O3/c1-14(24)26-20-8-7-18-17-6-5-15-12-23(25-4)13-16(23)11-22(15,3)19(17)9-10-21(18,20)2/h15-20H,5-13H2,1-4H3/t15-,16-,17-,18-,19-,20-,21-,22-,23+/m0/s1. The molecule has 5 aliphatic carbocycles. The molecule has 0 amide bonds. The Morgan fingerprint density at radius 1 is 0.885 bits per heavy atom. The Morgan fingerprint density at radius 2 is 1.62 bits per heavy atom. The summed E-state index contributed by atoms with van der Waals surface area (Å²) in [4.78, 5) is 11.6. The van der Waals surface area contributed by atoms with Crippen LogP contribution in [0.5, 0.6) is 0 Å². The van der Waals surface area contributed by atoms with Gasteiger partial charge in [0.2, 0.25) is 0 Å². The van der Waals surface area contributed by atoms with Gasteiger partial charge in [0.25, 0.3) is 0 Å². The molecule has 0 spiro atoms. The zero-order valence-electron chi connectivity index (χ0n) is 17.1. The number of esters is 1. The zero-order valence-corrected chi connectivity index (χ0v) is 17.1. The molecule has 26 heavy (non-hydrogen) atoms. The van der Waals surface area contributed by atoms with E-state index < -0.39 is 0 Å². The van der Waals surface area contributed by atoms with E-state index in [-0.39, 0.29) is 23.1 Å². The Bertz CT molecular complexity index is 617. The molecular weight excluding hydrogens is 324 g/mol. The first-order valence-electron chi connectivity index (χ1n) is 11.0. The highest BCUT2D eigenvalue weighted by Crippen LogP contribution is 2.72. The van der Waals surface area contributed by atoms with Gasteiger partial charge in [-0.2, -0.15) is 0 Å². The number of carbonyl (C=O) groups excluding carboxylic acids is 1. The lowest BCUT2D eigenvalue weighted by atomic mass is 9.45. The lowest BCUT2D eigenvalue weighted by Gasteiger charge is -2.60. The van der Waals surface area contributed by atoms with E-state index in [9.17, 15) is 4.79 Å². The third kappa shape index (κ3) is 2.19. The number of rotatable bonds is 2. The van der Waals surface area contributed by atoms with Gasteiger partial charge in [-0.05, 0) is 92.8 Å². The van der Waals surface area contributed by atoms with Crippen molar-refractivity contribution in [3.63, 3.8) is 0 Å². The topological polar surface area (TPSA) is 35.5 Å². The highest BCUT2D eigenvalue weighted by atomic mass is 16.5. The van der Waals surface area contributed by atoms with Crippen molar-refractivity contribution in [2.75, 3.05) is 7.11 Å². The fourth-order valence-corrected chi connectivity index (χ4v) is 8.68. The second-order valence-corrected chi connectivity index (χ2v) is 11.0. The fourth-order valence-electron chi connectivity index (χ4n) is 8.68. The first kappa shape index (κ1) is 17.5. The van der Waals surface area contributed by atoms with E-state index in [4.69, 9.17) is 9.47 Å². The van der Waals surface area contributed by atoms with Crippen molar-refractivity contribution in [1.82, 2.24) is 0 Å². The van der Waals surface area contributed by atoms with Gasteiger partial charge in [-0.3, -0.25) is 4.79 Å². The maximum absolute atomic E-state index is 11.6. The van der Waals surface area contributed by atoms with E-state index in [1.807, 2.05) is 7.11 Å². The molecule has 0 N–H and O–H groups in total. The van der Waals surface area contributed by atoms with E-state index in [2.05, 4.69) is 13.8 Å². The van der Waals surface area contributed by atoms with Crippen molar-refractivity contribution in [1.29, 1.82) is 0 Å². The van der Waals surface area contributed by atoms with Crippen LogP contribution >= 0.6 is 0 Å². The smallest absolute Gasteiger partial charge is 0.302 e. The molecule has 0 aromatic heterocycles. The quantitative estimate of drug-likeness (QED) is 0.652. The summed E-state index contributed by atoms with van der Waals surface area (Å²) in [6.07, 6.45) is 11.9. The van der Waals surface area contributed by atoms with Crippen molar-refractivity contribution >= 4 is 5.97 Å². The van der Waals surface area contributed by atoms with E-state index in [1.54, 1.807) is 6.92 Å². The minimum Gasteiger partial charge on any atom is -0.462 e. The van der Waals surface area contributed by atoms with Crippen LogP contribution in [0.2, 0.25) is 0 Å². The van der Waals surface area contributed by atoms with Crippen LogP contribution < -0.4 is 0 Å². The zero-order chi connectivity index (χ0) is 18.3. The third-order valence-electron chi connectivity index (χ3n) is 10.1. The Balaban J connectivity index is 1.39. The Hall–Kier alpha value is -0.570. The maximum atomic E-state index is 11.6. The maximum Gasteiger partial charge on any atom is 0.302 e.